The Kier molecular flexibility index (Phi) is 24.3. The molecule has 208 valence electrons. The number of hydrogen-bond donors (Lipinski definition) is 0. The smallest absolute Gasteiger partial charge is 0.333 e. The van der Waals surface area contributed by atoms with Gasteiger partial charge in [0.15, 0.2) is 0 Å². The number of rotatable bonds is 26. The maximum absolute atomic E-state index is 11.3. The van der Waals surface area contributed by atoms with Gasteiger partial charge in [0.05, 0.1) is 6.61 Å². The molecule has 0 heterocycles. The molecule has 0 atom stereocenters. The second kappa shape index (κ2) is 24.9. The van der Waals surface area contributed by atoms with Crippen molar-refractivity contribution in [1.82, 2.24) is 0 Å². The summed E-state index contributed by atoms with van der Waals surface area (Å²) in [5.41, 5.74) is 1.02. The third-order valence-corrected chi connectivity index (χ3v) is 7.15. The highest BCUT2D eigenvalue weighted by atomic mass is 16.5. The van der Waals surface area contributed by atoms with Crippen molar-refractivity contribution >= 4 is 5.97 Å². The number of ether oxygens (including phenoxy) is 1. The van der Waals surface area contributed by atoms with E-state index in [1.165, 1.54) is 148 Å². The van der Waals surface area contributed by atoms with Crippen LogP contribution in [0, 0.1) is 5.41 Å². The maximum Gasteiger partial charge on any atom is 0.333 e. The Hall–Kier alpha value is -0.790. The van der Waals surface area contributed by atoms with Crippen LogP contribution in [0.5, 0.6) is 0 Å². The molecule has 0 aliphatic carbocycles. The first kappa shape index (κ1) is 34.2. The summed E-state index contributed by atoms with van der Waals surface area (Å²) < 4.78 is 5.12. The lowest BCUT2D eigenvalue weighted by Gasteiger charge is -2.17. The number of hydrogen-bond acceptors (Lipinski definition) is 2. The van der Waals surface area contributed by atoms with E-state index in [4.69, 9.17) is 4.74 Å². The van der Waals surface area contributed by atoms with Crippen LogP contribution in [-0.2, 0) is 9.53 Å². The molecule has 0 spiro atoms. The first-order valence-corrected chi connectivity index (χ1v) is 15.7. The molecule has 0 saturated heterocycles. The SMILES string of the molecule is C=C(C)C(=O)OCCCCCCCCCCCCCCCCCCCCCCCCCC(C)(C)C. The van der Waals surface area contributed by atoms with E-state index in [-0.39, 0.29) is 5.97 Å². The molecule has 0 rings (SSSR count). The average Bonchev–Trinajstić information content (AvgIpc) is 2.80. The molecular formula is C33H64O2. The van der Waals surface area contributed by atoms with Crippen molar-refractivity contribution < 1.29 is 9.53 Å². The number of esters is 1. The fraction of sp³-hybridized carbons (Fsp3) is 0.909. The summed E-state index contributed by atoms with van der Waals surface area (Å²) in [5, 5.41) is 0. The van der Waals surface area contributed by atoms with Gasteiger partial charge in [-0.15, -0.1) is 0 Å². The molecule has 0 amide bonds. The molecule has 0 aliphatic heterocycles. The Bertz CT molecular complexity index is 474. The monoisotopic (exact) mass is 492 g/mol. The van der Waals surface area contributed by atoms with Crippen molar-refractivity contribution in [3.8, 4) is 0 Å². The third-order valence-electron chi connectivity index (χ3n) is 7.15. The Morgan fingerprint density at radius 1 is 0.514 bits per heavy atom. The predicted octanol–water partition coefficient (Wildman–Crippen LogP) is 11.5. The molecule has 0 bridgehead atoms. The third kappa shape index (κ3) is 29.3. The lowest BCUT2D eigenvalue weighted by atomic mass is 9.89. The van der Waals surface area contributed by atoms with Crippen molar-refractivity contribution in [3.05, 3.63) is 12.2 Å². The summed E-state index contributed by atoms with van der Waals surface area (Å²) in [6, 6.07) is 0. The van der Waals surface area contributed by atoms with Gasteiger partial charge in [0.1, 0.15) is 0 Å². The van der Waals surface area contributed by atoms with Gasteiger partial charge in [0.2, 0.25) is 0 Å². The van der Waals surface area contributed by atoms with Gasteiger partial charge < -0.3 is 4.74 Å². The lowest BCUT2D eigenvalue weighted by molar-refractivity contribution is -0.139. The van der Waals surface area contributed by atoms with Crippen LogP contribution in [-0.4, -0.2) is 12.6 Å². The Labute approximate surface area is 221 Å². The molecule has 35 heavy (non-hydrogen) atoms. The highest BCUT2D eigenvalue weighted by Gasteiger charge is 2.08. The van der Waals surface area contributed by atoms with Crippen LogP contribution in [0.25, 0.3) is 0 Å². The molecule has 2 heteroatoms. The van der Waals surface area contributed by atoms with Crippen LogP contribution in [0.3, 0.4) is 0 Å². The lowest BCUT2D eigenvalue weighted by Crippen LogP contribution is -2.05. The molecule has 0 fully saturated rings. The van der Waals surface area contributed by atoms with Gasteiger partial charge in [-0.2, -0.15) is 0 Å². The molecule has 2 nitrogen and oxygen atoms in total. The minimum Gasteiger partial charge on any atom is -0.462 e. The summed E-state index contributed by atoms with van der Waals surface area (Å²) in [6.07, 6.45) is 33.5. The highest BCUT2D eigenvalue weighted by Crippen LogP contribution is 2.23. The first-order chi connectivity index (χ1) is 16.8. The van der Waals surface area contributed by atoms with Gasteiger partial charge >= 0.3 is 5.97 Å². The highest BCUT2D eigenvalue weighted by molar-refractivity contribution is 5.86. The first-order valence-electron chi connectivity index (χ1n) is 15.7. The van der Waals surface area contributed by atoms with Crippen molar-refractivity contribution in [2.24, 2.45) is 5.41 Å². The minimum atomic E-state index is -0.251. The van der Waals surface area contributed by atoms with Gasteiger partial charge in [-0.3, -0.25) is 0 Å². The number of unbranched alkanes of at least 4 members (excludes halogenated alkanes) is 22. The van der Waals surface area contributed by atoms with Gasteiger partial charge in [-0.05, 0) is 25.2 Å². The molecule has 0 aromatic heterocycles. The zero-order valence-corrected chi connectivity index (χ0v) is 24.7. The quantitative estimate of drug-likeness (QED) is 0.0681. The summed E-state index contributed by atoms with van der Waals surface area (Å²) in [5.74, 6) is -0.251. The van der Waals surface area contributed by atoms with Crippen molar-refractivity contribution in [2.45, 2.75) is 182 Å². The van der Waals surface area contributed by atoms with E-state index in [2.05, 4.69) is 27.4 Å². The van der Waals surface area contributed by atoms with Gasteiger partial charge in [-0.1, -0.05) is 169 Å². The van der Waals surface area contributed by atoms with Gasteiger partial charge in [0, 0.05) is 5.57 Å². The van der Waals surface area contributed by atoms with Crippen LogP contribution >= 0.6 is 0 Å². The van der Waals surface area contributed by atoms with E-state index in [1.807, 2.05) is 0 Å². The Morgan fingerprint density at radius 3 is 1.03 bits per heavy atom. The van der Waals surface area contributed by atoms with E-state index in [1.54, 1.807) is 6.92 Å². The van der Waals surface area contributed by atoms with Crippen LogP contribution in [0.4, 0.5) is 0 Å². The fourth-order valence-electron chi connectivity index (χ4n) is 4.76. The molecular weight excluding hydrogens is 428 g/mol. The topological polar surface area (TPSA) is 26.3 Å². The van der Waals surface area contributed by atoms with Crippen molar-refractivity contribution in [1.29, 1.82) is 0 Å². The van der Waals surface area contributed by atoms with E-state index in [9.17, 15) is 4.79 Å². The van der Waals surface area contributed by atoms with E-state index < -0.39 is 0 Å². The molecule has 0 unspecified atom stereocenters. The van der Waals surface area contributed by atoms with E-state index in [0.717, 1.165) is 6.42 Å². The summed E-state index contributed by atoms with van der Waals surface area (Å²) in [4.78, 5) is 11.3. The molecule has 0 aromatic carbocycles. The van der Waals surface area contributed by atoms with Crippen molar-refractivity contribution in [2.75, 3.05) is 6.61 Å². The largest absolute Gasteiger partial charge is 0.462 e. The van der Waals surface area contributed by atoms with Crippen molar-refractivity contribution in [3.63, 3.8) is 0 Å². The normalized spacial score (nSPS) is 11.7. The predicted molar refractivity (Wildman–Crippen MR) is 156 cm³/mol. The minimum absolute atomic E-state index is 0.251. The van der Waals surface area contributed by atoms with Gasteiger partial charge in [-0.25, -0.2) is 4.79 Å². The molecule has 0 radical (unpaired) electrons. The second-order valence-corrected chi connectivity index (χ2v) is 12.4. The molecule has 0 N–H and O–H groups in total. The maximum atomic E-state index is 11.3. The standard InChI is InChI=1S/C33H64O2/c1-31(2)32(34)35-30-28-26-24-22-20-18-16-14-12-10-8-6-7-9-11-13-15-17-19-21-23-25-27-29-33(3,4)5/h1,6-30H2,2-5H3. The van der Waals surface area contributed by atoms with Crippen LogP contribution < -0.4 is 0 Å². The summed E-state index contributed by atoms with van der Waals surface area (Å²) in [6.45, 7) is 12.9. The average molecular weight is 493 g/mol. The fourth-order valence-corrected chi connectivity index (χ4v) is 4.76. The molecule has 0 aliphatic rings. The second-order valence-electron chi connectivity index (χ2n) is 12.4. The summed E-state index contributed by atoms with van der Waals surface area (Å²) >= 11 is 0. The molecule has 0 saturated carbocycles. The van der Waals surface area contributed by atoms with Gasteiger partial charge in [0.25, 0.3) is 0 Å². The van der Waals surface area contributed by atoms with Crippen LogP contribution in [0.1, 0.15) is 182 Å². The zero-order valence-electron chi connectivity index (χ0n) is 24.7. The number of carbonyl (C=O) groups excluding carboxylic acids is 1. The summed E-state index contributed by atoms with van der Waals surface area (Å²) in [7, 11) is 0. The zero-order chi connectivity index (χ0) is 26.0. The number of carbonyl (C=O) groups is 1. The van der Waals surface area contributed by atoms with E-state index >= 15 is 0 Å². The Morgan fingerprint density at radius 2 is 0.771 bits per heavy atom. The van der Waals surface area contributed by atoms with Crippen LogP contribution in [0.2, 0.25) is 0 Å². The van der Waals surface area contributed by atoms with Crippen LogP contribution in [0.15, 0.2) is 12.2 Å². The molecule has 0 aromatic rings. The van der Waals surface area contributed by atoms with E-state index in [0.29, 0.717) is 17.6 Å². The Balaban J connectivity index is 3.09.